The average Bonchev–Trinajstić information content (AvgIpc) is 2.70. The van der Waals surface area contributed by atoms with E-state index < -0.39 is 0 Å². The molecule has 0 fully saturated rings. The van der Waals surface area contributed by atoms with Gasteiger partial charge >= 0.3 is 0 Å². The van der Waals surface area contributed by atoms with Gasteiger partial charge in [0.25, 0.3) is 5.91 Å². The lowest BCUT2D eigenvalue weighted by Gasteiger charge is -2.21. The number of anilines is 1. The maximum absolute atomic E-state index is 12.7. The highest BCUT2D eigenvalue weighted by Gasteiger charge is 2.23. The summed E-state index contributed by atoms with van der Waals surface area (Å²) in [6, 6.07) is 7.50. The molecule has 0 bridgehead atoms. The zero-order valence-electron chi connectivity index (χ0n) is 12.4. The summed E-state index contributed by atoms with van der Waals surface area (Å²) in [5.41, 5.74) is 8.38. The molecule has 0 atom stereocenters. The Hall–Kier alpha value is -2.01. The number of hydrogen-bond acceptors (Lipinski definition) is 3. The Bertz CT molecular complexity index is 666. The van der Waals surface area contributed by atoms with Gasteiger partial charge in [0.05, 0.1) is 11.4 Å². The lowest BCUT2D eigenvalue weighted by molar-refractivity contribution is 0.0742. The molecule has 0 saturated heterocycles. The standard InChI is InChI=1S/C15H19ClN4O/c1-4-20(9-11-7-5-6-8-12(11)16)15(21)14-13(17)10(2)18-19(14)3/h5-8H,4,9,17H2,1-3H3. The molecule has 0 spiro atoms. The molecule has 0 aliphatic rings. The molecule has 1 heterocycles. The normalized spacial score (nSPS) is 10.7. The quantitative estimate of drug-likeness (QED) is 0.944. The smallest absolute Gasteiger partial charge is 0.274 e. The summed E-state index contributed by atoms with van der Waals surface area (Å²) < 4.78 is 1.53. The van der Waals surface area contributed by atoms with Crippen LogP contribution in [0.3, 0.4) is 0 Å². The summed E-state index contributed by atoms with van der Waals surface area (Å²) in [5.74, 6) is -0.141. The molecule has 21 heavy (non-hydrogen) atoms. The van der Waals surface area contributed by atoms with Crippen LogP contribution in [-0.4, -0.2) is 27.1 Å². The fraction of sp³-hybridized carbons (Fsp3) is 0.333. The van der Waals surface area contributed by atoms with Gasteiger partial charge in [-0.2, -0.15) is 5.10 Å². The monoisotopic (exact) mass is 306 g/mol. The maximum Gasteiger partial charge on any atom is 0.274 e. The molecule has 2 rings (SSSR count). The minimum absolute atomic E-state index is 0.141. The van der Waals surface area contributed by atoms with Crippen LogP contribution >= 0.6 is 11.6 Å². The molecule has 0 aliphatic carbocycles. The van der Waals surface area contributed by atoms with E-state index in [1.54, 1.807) is 18.9 Å². The van der Waals surface area contributed by atoms with E-state index in [-0.39, 0.29) is 5.91 Å². The second kappa shape index (κ2) is 6.18. The molecular formula is C15H19ClN4O. The van der Waals surface area contributed by atoms with Gasteiger partial charge < -0.3 is 10.6 Å². The third kappa shape index (κ3) is 3.03. The molecule has 1 aromatic heterocycles. The first kappa shape index (κ1) is 15.4. The van der Waals surface area contributed by atoms with Crippen molar-refractivity contribution in [2.24, 2.45) is 7.05 Å². The molecule has 0 aliphatic heterocycles. The Morgan fingerprint density at radius 2 is 2.10 bits per heavy atom. The highest BCUT2D eigenvalue weighted by atomic mass is 35.5. The fourth-order valence-electron chi connectivity index (χ4n) is 2.24. The molecule has 112 valence electrons. The summed E-state index contributed by atoms with van der Waals surface area (Å²) in [6.07, 6.45) is 0. The summed E-state index contributed by atoms with van der Waals surface area (Å²) in [5, 5.41) is 4.84. The molecule has 1 aromatic carbocycles. The number of nitrogens with zero attached hydrogens (tertiary/aromatic N) is 3. The molecule has 0 unspecified atom stereocenters. The van der Waals surface area contributed by atoms with Crippen LogP contribution in [0.1, 0.15) is 28.7 Å². The molecule has 6 heteroatoms. The first-order chi connectivity index (χ1) is 9.95. The second-order valence-electron chi connectivity index (χ2n) is 4.88. The van der Waals surface area contributed by atoms with Gasteiger partial charge in [0.2, 0.25) is 0 Å². The number of hydrogen-bond donors (Lipinski definition) is 1. The van der Waals surface area contributed by atoms with Crippen molar-refractivity contribution in [1.82, 2.24) is 14.7 Å². The third-order valence-corrected chi connectivity index (χ3v) is 3.83. The van der Waals surface area contributed by atoms with Crippen molar-refractivity contribution < 1.29 is 4.79 Å². The third-order valence-electron chi connectivity index (χ3n) is 3.46. The van der Waals surface area contributed by atoms with E-state index >= 15 is 0 Å². The fourth-order valence-corrected chi connectivity index (χ4v) is 2.43. The van der Waals surface area contributed by atoms with Gasteiger partial charge in [-0.3, -0.25) is 9.48 Å². The molecule has 0 saturated carbocycles. The van der Waals surface area contributed by atoms with Gasteiger partial charge in [-0.15, -0.1) is 0 Å². The van der Waals surface area contributed by atoms with Gasteiger partial charge in [-0.1, -0.05) is 29.8 Å². The Balaban J connectivity index is 2.29. The summed E-state index contributed by atoms with van der Waals surface area (Å²) in [6.45, 7) is 4.72. The number of nitrogen functional groups attached to an aromatic ring is 1. The van der Waals surface area contributed by atoms with E-state index in [0.29, 0.717) is 35.2 Å². The molecule has 5 nitrogen and oxygen atoms in total. The van der Waals surface area contributed by atoms with Crippen LogP contribution in [0.2, 0.25) is 5.02 Å². The van der Waals surface area contributed by atoms with Crippen molar-refractivity contribution in [1.29, 1.82) is 0 Å². The predicted octanol–water partition coefficient (Wildman–Crippen LogP) is 2.63. The number of carbonyl (C=O) groups excluding carboxylic acids is 1. The highest BCUT2D eigenvalue weighted by Crippen LogP contribution is 2.21. The van der Waals surface area contributed by atoms with Crippen LogP contribution in [-0.2, 0) is 13.6 Å². The largest absolute Gasteiger partial charge is 0.395 e. The first-order valence-corrected chi connectivity index (χ1v) is 7.15. The Kier molecular flexibility index (Phi) is 4.53. The van der Waals surface area contributed by atoms with Crippen molar-refractivity contribution in [3.8, 4) is 0 Å². The van der Waals surface area contributed by atoms with Gasteiger partial charge in [-0.25, -0.2) is 0 Å². The highest BCUT2D eigenvalue weighted by molar-refractivity contribution is 6.31. The Labute approximate surface area is 129 Å². The molecule has 1 amide bonds. The van der Waals surface area contributed by atoms with Crippen molar-refractivity contribution in [2.45, 2.75) is 20.4 Å². The van der Waals surface area contributed by atoms with Gasteiger partial charge in [0.1, 0.15) is 5.69 Å². The number of aryl methyl sites for hydroxylation is 2. The zero-order chi connectivity index (χ0) is 15.6. The van der Waals surface area contributed by atoms with Crippen LogP contribution in [0.15, 0.2) is 24.3 Å². The summed E-state index contributed by atoms with van der Waals surface area (Å²) in [4.78, 5) is 14.4. The number of benzene rings is 1. The van der Waals surface area contributed by atoms with Gasteiger partial charge in [-0.05, 0) is 25.5 Å². The number of aromatic nitrogens is 2. The Morgan fingerprint density at radius 1 is 1.43 bits per heavy atom. The number of amides is 1. The number of halogens is 1. The van der Waals surface area contributed by atoms with Crippen LogP contribution in [0.25, 0.3) is 0 Å². The van der Waals surface area contributed by atoms with Crippen LogP contribution < -0.4 is 5.73 Å². The summed E-state index contributed by atoms with van der Waals surface area (Å²) >= 11 is 6.16. The van der Waals surface area contributed by atoms with Crippen molar-refractivity contribution in [3.05, 3.63) is 46.2 Å². The number of rotatable bonds is 4. The number of nitrogens with two attached hydrogens (primary N) is 1. The van der Waals surface area contributed by atoms with Crippen molar-refractivity contribution in [3.63, 3.8) is 0 Å². The predicted molar refractivity (Wildman–Crippen MR) is 84.2 cm³/mol. The average molecular weight is 307 g/mol. The minimum Gasteiger partial charge on any atom is -0.395 e. The van der Waals surface area contributed by atoms with E-state index in [9.17, 15) is 4.79 Å². The molecule has 2 aromatic rings. The minimum atomic E-state index is -0.141. The lowest BCUT2D eigenvalue weighted by atomic mass is 10.2. The van der Waals surface area contributed by atoms with Crippen molar-refractivity contribution in [2.75, 3.05) is 12.3 Å². The van der Waals surface area contributed by atoms with Crippen LogP contribution in [0, 0.1) is 6.92 Å². The topological polar surface area (TPSA) is 64.2 Å². The van der Waals surface area contributed by atoms with Gasteiger partial charge in [0.15, 0.2) is 0 Å². The van der Waals surface area contributed by atoms with E-state index in [4.69, 9.17) is 17.3 Å². The molecule has 2 N–H and O–H groups in total. The first-order valence-electron chi connectivity index (χ1n) is 6.77. The Morgan fingerprint density at radius 3 is 2.62 bits per heavy atom. The van der Waals surface area contributed by atoms with E-state index in [0.717, 1.165) is 5.56 Å². The van der Waals surface area contributed by atoms with Gasteiger partial charge in [0, 0.05) is 25.2 Å². The molecular weight excluding hydrogens is 288 g/mol. The molecule has 0 radical (unpaired) electrons. The SMILES string of the molecule is CCN(Cc1ccccc1Cl)C(=O)c1c(N)c(C)nn1C. The van der Waals surface area contributed by atoms with Crippen LogP contribution in [0.5, 0.6) is 0 Å². The van der Waals surface area contributed by atoms with E-state index in [1.807, 2.05) is 31.2 Å². The van der Waals surface area contributed by atoms with E-state index in [1.165, 1.54) is 4.68 Å². The second-order valence-corrected chi connectivity index (χ2v) is 5.29. The zero-order valence-corrected chi connectivity index (χ0v) is 13.2. The van der Waals surface area contributed by atoms with Crippen LogP contribution in [0.4, 0.5) is 5.69 Å². The lowest BCUT2D eigenvalue weighted by Crippen LogP contribution is -2.32. The maximum atomic E-state index is 12.7. The number of carbonyl (C=O) groups is 1. The van der Waals surface area contributed by atoms with Crippen molar-refractivity contribution >= 4 is 23.2 Å². The van der Waals surface area contributed by atoms with E-state index in [2.05, 4.69) is 5.10 Å². The summed E-state index contributed by atoms with van der Waals surface area (Å²) in [7, 11) is 1.72.